The molecule has 6 heteroatoms. The van der Waals surface area contributed by atoms with Gasteiger partial charge in [0, 0.05) is 30.5 Å². The molecule has 2 unspecified atom stereocenters. The third-order valence-electron chi connectivity index (χ3n) is 4.57. The number of hydrogen-bond donors (Lipinski definition) is 0. The van der Waals surface area contributed by atoms with Gasteiger partial charge in [0.25, 0.3) is 5.56 Å². The average Bonchev–Trinajstić information content (AvgIpc) is 2.53. The molecule has 0 spiro atoms. The van der Waals surface area contributed by atoms with Gasteiger partial charge in [-0.25, -0.2) is 4.98 Å². The fourth-order valence-corrected chi connectivity index (χ4v) is 3.89. The maximum absolute atomic E-state index is 12.6. The first-order valence-electron chi connectivity index (χ1n) is 8.36. The highest BCUT2D eigenvalue weighted by Gasteiger charge is 2.25. The Labute approximate surface area is 149 Å². The first kappa shape index (κ1) is 17.1. The van der Waals surface area contributed by atoms with Gasteiger partial charge in [0.05, 0.1) is 17.2 Å². The van der Waals surface area contributed by atoms with Crippen molar-refractivity contribution in [3.05, 3.63) is 39.4 Å². The van der Waals surface area contributed by atoms with Crippen molar-refractivity contribution in [3.63, 3.8) is 0 Å². The van der Waals surface area contributed by atoms with E-state index in [0.29, 0.717) is 35.7 Å². The predicted octanol–water partition coefficient (Wildman–Crippen LogP) is 3.05. The van der Waals surface area contributed by atoms with Crippen molar-refractivity contribution in [2.75, 3.05) is 13.1 Å². The van der Waals surface area contributed by atoms with E-state index in [0.717, 1.165) is 17.6 Å². The van der Waals surface area contributed by atoms with Crippen LogP contribution in [0.25, 0.3) is 10.9 Å². The maximum Gasteiger partial charge on any atom is 0.261 e. The van der Waals surface area contributed by atoms with Gasteiger partial charge >= 0.3 is 0 Å². The van der Waals surface area contributed by atoms with Crippen LogP contribution in [0.3, 0.4) is 0 Å². The number of halogens is 1. The summed E-state index contributed by atoms with van der Waals surface area (Å²) in [5.74, 6) is 1.20. The number of nitrogens with zero attached hydrogens (tertiary/aromatic N) is 3. The molecule has 2 atom stereocenters. The molecule has 1 saturated heterocycles. The summed E-state index contributed by atoms with van der Waals surface area (Å²) in [7, 11) is 0. The number of aromatic nitrogens is 2. The minimum atomic E-state index is -0.102. The van der Waals surface area contributed by atoms with E-state index in [1.807, 2.05) is 17.0 Å². The number of carbonyl (C=O) groups is 1. The Balaban J connectivity index is 1.72. The van der Waals surface area contributed by atoms with Gasteiger partial charge in [-0.2, -0.15) is 0 Å². The monoisotopic (exact) mass is 391 g/mol. The molecule has 5 nitrogen and oxygen atoms in total. The zero-order valence-corrected chi connectivity index (χ0v) is 15.6. The predicted molar refractivity (Wildman–Crippen MR) is 97.8 cm³/mol. The first-order valence-corrected chi connectivity index (χ1v) is 9.16. The van der Waals surface area contributed by atoms with Crippen molar-refractivity contribution >= 4 is 32.7 Å². The molecule has 1 amide bonds. The van der Waals surface area contributed by atoms with Gasteiger partial charge in [0.2, 0.25) is 5.91 Å². The van der Waals surface area contributed by atoms with Crippen LogP contribution in [0.1, 0.15) is 26.7 Å². The number of amides is 1. The Kier molecular flexibility index (Phi) is 5.04. The third-order valence-corrected chi connectivity index (χ3v) is 5.07. The molecule has 0 aliphatic carbocycles. The van der Waals surface area contributed by atoms with E-state index < -0.39 is 0 Å². The minimum absolute atomic E-state index is 0.102. The van der Waals surface area contributed by atoms with E-state index in [9.17, 15) is 9.59 Å². The van der Waals surface area contributed by atoms with Crippen LogP contribution >= 0.6 is 15.9 Å². The van der Waals surface area contributed by atoms with E-state index >= 15 is 0 Å². The molecule has 1 aromatic carbocycles. The summed E-state index contributed by atoms with van der Waals surface area (Å²) in [5, 5.41) is 0.569. The van der Waals surface area contributed by atoms with E-state index in [4.69, 9.17) is 0 Å². The standard InChI is InChI=1S/C18H22BrN3O2/c1-12-7-13(2)10-22(9-12)17(23)5-6-21-11-20-16-4-3-14(19)8-15(16)18(21)24/h3-4,8,11-13H,5-7,9-10H2,1-2H3. The fraction of sp³-hybridized carbons (Fsp3) is 0.500. The van der Waals surface area contributed by atoms with Gasteiger partial charge in [-0.05, 0) is 36.5 Å². The molecular weight excluding hydrogens is 370 g/mol. The molecular formula is C18H22BrN3O2. The Bertz CT molecular complexity index is 808. The van der Waals surface area contributed by atoms with Crippen LogP contribution in [0.15, 0.2) is 33.8 Å². The summed E-state index contributed by atoms with van der Waals surface area (Å²) >= 11 is 3.38. The summed E-state index contributed by atoms with van der Waals surface area (Å²) in [6.07, 6.45) is 3.04. The lowest BCUT2D eigenvalue weighted by Crippen LogP contribution is -2.43. The average molecular weight is 392 g/mol. The van der Waals surface area contributed by atoms with E-state index in [-0.39, 0.29) is 11.5 Å². The Morgan fingerprint density at radius 2 is 2.00 bits per heavy atom. The summed E-state index contributed by atoms with van der Waals surface area (Å²) in [5.41, 5.74) is 0.568. The van der Waals surface area contributed by atoms with Crippen molar-refractivity contribution < 1.29 is 4.79 Å². The SMILES string of the molecule is CC1CC(C)CN(C(=O)CCn2cnc3ccc(Br)cc3c2=O)C1. The van der Waals surface area contributed by atoms with Gasteiger partial charge < -0.3 is 4.90 Å². The number of hydrogen-bond acceptors (Lipinski definition) is 3. The number of carbonyl (C=O) groups excluding carboxylic acids is 1. The van der Waals surface area contributed by atoms with Crippen molar-refractivity contribution in [1.29, 1.82) is 0 Å². The molecule has 1 fully saturated rings. The van der Waals surface area contributed by atoms with Crippen LogP contribution in [0, 0.1) is 11.8 Å². The highest BCUT2D eigenvalue weighted by atomic mass is 79.9. The van der Waals surface area contributed by atoms with E-state index in [2.05, 4.69) is 34.8 Å². The van der Waals surface area contributed by atoms with Crippen LogP contribution in [-0.4, -0.2) is 33.4 Å². The Morgan fingerprint density at radius 3 is 2.71 bits per heavy atom. The lowest BCUT2D eigenvalue weighted by atomic mass is 9.92. The lowest BCUT2D eigenvalue weighted by Gasteiger charge is -2.35. The second-order valence-electron chi connectivity index (χ2n) is 6.90. The maximum atomic E-state index is 12.6. The molecule has 0 bridgehead atoms. The number of fused-ring (bicyclic) bond motifs is 1. The fourth-order valence-electron chi connectivity index (χ4n) is 3.53. The minimum Gasteiger partial charge on any atom is -0.342 e. The number of benzene rings is 1. The van der Waals surface area contributed by atoms with Crippen molar-refractivity contribution in [1.82, 2.24) is 14.5 Å². The van der Waals surface area contributed by atoms with E-state index in [1.54, 1.807) is 6.07 Å². The molecule has 0 N–H and O–H groups in total. The molecule has 2 aromatic rings. The number of rotatable bonds is 3. The molecule has 0 radical (unpaired) electrons. The summed E-state index contributed by atoms with van der Waals surface area (Å²) < 4.78 is 2.38. The first-order chi connectivity index (χ1) is 11.4. The second-order valence-corrected chi connectivity index (χ2v) is 7.82. The van der Waals surface area contributed by atoms with Crippen molar-refractivity contribution in [2.24, 2.45) is 11.8 Å². The topological polar surface area (TPSA) is 55.2 Å². The normalized spacial score (nSPS) is 21.2. The van der Waals surface area contributed by atoms with E-state index in [1.165, 1.54) is 17.3 Å². The summed E-state index contributed by atoms with van der Waals surface area (Å²) in [4.78, 5) is 31.3. The largest absolute Gasteiger partial charge is 0.342 e. The summed E-state index contributed by atoms with van der Waals surface area (Å²) in [6.45, 7) is 6.38. The molecule has 24 heavy (non-hydrogen) atoms. The Hall–Kier alpha value is -1.69. The lowest BCUT2D eigenvalue weighted by molar-refractivity contribution is -0.134. The van der Waals surface area contributed by atoms with Gasteiger partial charge in [0.15, 0.2) is 0 Å². The molecule has 128 valence electrons. The van der Waals surface area contributed by atoms with Gasteiger partial charge in [0.1, 0.15) is 0 Å². The van der Waals surface area contributed by atoms with Gasteiger partial charge in [-0.3, -0.25) is 14.2 Å². The zero-order chi connectivity index (χ0) is 17.3. The van der Waals surface area contributed by atoms with Crippen LogP contribution in [0.4, 0.5) is 0 Å². The van der Waals surface area contributed by atoms with Gasteiger partial charge in [-0.15, -0.1) is 0 Å². The van der Waals surface area contributed by atoms with Crippen LogP contribution in [0.2, 0.25) is 0 Å². The smallest absolute Gasteiger partial charge is 0.261 e. The number of aryl methyl sites for hydroxylation is 1. The van der Waals surface area contributed by atoms with Crippen LogP contribution < -0.4 is 5.56 Å². The highest BCUT2D eigenvalue weighted by Crippen LogP contribution is 2.21. The second kappa shape index (κ2) is 7.05. The Morgan fingerprint density at radius 1 is 1.29 bits per heavy atom. The summed E-state index contributed by atoms with van der Waals surface area (Å²) in [6, 6.07) is 5.45. The quantitative estimate of drug-likeness (QED) is 0.807. The van der Waals surface area contributed by atoms with Crippen LogP contribution in [-0.2, 0) is 11.3 Å². The van der Waals surface area contributed by atoms with Crippen LogP contribution in [0.5, 0.6) is 0 Å². The highest BCUT2D eigenvalue weighted by molar-refractivity contribution is 9.10. The third kappa shape index (κ3) is 3.69. The molecule has 1 aromatic heterocycles. The van der Waals surface area contributed by atoms with Crippen molar-refractivity contribution in [2.45, 2.75) is 33.2 Å². The zero-order valence-electron chi connectivity index (χ0n) is 14.0. The molecule has 1 aliphatic heterocycles. The molecule has 3 rings (SSSR count). The molecule has 0 saturated carbocycles. The van der Waals surface area contributed by atoms with Gasteiger partial charge in [-0.1, -0.05) is 29.8 Å². The number of piperidine rings is 1. The van der Waals surface area contributed by atoms with Crippen molar-refractivity contribution in [3.8, 4) is 0 Å². The molecule has 2 heterocycles. The molecule has 1 aliphatic rings. The number of likely N-dealkylation sites (tertiary alicyclic amines) is 1.